The van der Waals surface area contributed by atoms with Crippen LogP contribution in [-0.4, -0.2) is 61.4 Å². The molecule has 0 amide bonds. The van der Waals surface area contributed by atoms with Crippen molar-refractivity contribution in [3.05, 3.63) is 10.4 Å². The Kier molecular flexibility index (Phi) is 4.03. The first kappa shape index (κ1) is 17.4. The number of methoxy groups -OCH3 is 1. The fraction of sp³-hybridized carbons (Fsp3) is 0.929. The molecule has 0 unspecified atom stereocenters. The molecule has 24 heavy (non-hydrogen) atoms. The van der Waals surface area contributed by atoms with Gasteiger partial charge in [0.05, 0.1) is 13.7 Å². The van der Waals surface area contributed by atoms with Crippen LogP contribution in [0.25, 0.3) is 10.4 Å². The van der Waals surface area contributed by atoms with Gasteiger partial charge in [-0.3, -0.25) is 0 Å². The molecular formula is C14H21N3O7. The van der Waals surface area contributed by atoms with Crippen molar-refractivity contribution in [2.24, 2.45) is 5.11 Å². The van der Waals surface area contributed by atoms with Gasteiger partial charge >= 0.3 is 5.97 Å². The lowest BCUT2D eigenvalue weighted by atomic mass is 10.0. The van der Waals surface area contributed by atoms with Crippen molar-refractivity contribution in [2.45, 2.75) is 69.4 Å². The first-order chi connectivity index (χ1) is 11.1. The van der Waals surface area contributed by atoms with Crippen LogP contribution in [0.4, 0.5) is 0 Å². The van der Waals surface area contributed by atoms with Crippen LogP contribution in [0, 0.1) is 0 Å². The lowest BCUT2D eigenvalue weighted by molar-refractivity contribution is -0.230. The van der Waals surface area contributed by atoms with Crippen molar-refractivity contribution in [1.82, 2.24) is 0 Å². The van der Waals surface area contributed by atoms with Crippen LogP contribution in [0.15, 0.2) is 5.11 Å². The Labute approximate surface area is 138 Å². The SMILES string of the molecule is COC(=O)[C@@]1(N=[N+]=[N-])O[C@H]([C@H]2COC(C)(C)O2)[C@@H]2OC(C)(C)O[C@@H]21. The van der Waals surface area contributed by atoms with E-state index in [0.29, 0.717) is 0 Å². The molecule has 0 aromatic carbocycles. The number of esters is 1. The molecule has 0 bridgehead atoms. The predicted molar refractivity (Wildman–Crippen MR) is 77.5 cm³/mol. The molecule has 10 heteroatoms. The zero-order chi connectivity index (χ0) is 17.8. The summed E-state index contributed by atoms with van der Waals surface area (Å²) in [7, 11) is 1.18. The minimum Gasteiger partial charge on any atom is -0.467 e. The molecule has 3 aliphatic rings. The van der Waals surface area contributed by atoms with E-state index in [0.717, 1.165) is 0 Å². The Hall–Kier alpha value is -1.42. The van der Waals surface area contributed by atoms with Gasteiger partial charge in [0, 0.05) is 4.91 Å². The quantitative estimate of drug-likeness (QED) is 0.327. The highest BCUT2D eigenvalue weighted by Crippen LogP contribution is 2.48. The molecule has 0 radical (unpaired) electrons. The largest absolute Gasteiger partial charge is 0.467 e. The first-order valence-electron chi connectivity index (χ1n) is 7.64. The summed E-state index contributed by atoms with van der Waals surface area (Å²) in [5.74, 6) is -2.61. The van der Waals surface area contributed by atoms with E-state index in [4.69, 9.17) is 34.0 Å². The summed E-state index contributed by atoms with van der Waals surface area (Å²) in [5, 5.41) is 3.57. The van der Waals surface area contributed by atoms with Crippen LogP contribution in [0.1, 0.15) is 27.7 Å². The molecular weight excluding hydrogens is 322 g/mol. The minimum atomic E-state index is -1.97. The van der Waals surface area contributed by atoms with Gasteiger partial charge in [0.15, 0.2) is 11.6 Å². The Morgan fingerprint density at radius 3 is 2.38 bits per heavy atom. The van der Waals surface area contributed by atoms with Crippen LogP contribution < -0.4 is 0 Å². The number of rotatable bonds is 3. The lowest BCUT2D eigenvalue weighted by Gasteiger charge is -2.29. The van der Waals surface area contributed by atoms with Gasteiger partial charge in [-0.05, 0) is 38.3 Å². The number of azide groups is 1. The Balaban J connectivity index is 1.98. The monoisotopic (exact) mass is 343 g/mol. The molecule has 3 saturated heterocycles. The molecule has 0 saturated carbocycles. The number of hydrogen-bond donors (Lipinski definition) is 0. The average Bonchev–Trinajstić information content (AvgIpc) is 3.09. The summed E-state index contributed by atoms with van der Waals surface area (Å²) in [6, 6.07) is 0. The highest BCUT2D eigenvalue weighted by atomic mass is 16.8. The number of carbonyl (C=O) groups excluding carboxylic acids is 1. The zero-order valence-corrected chi connectivity index (χ0v) is 14.2. The molecule has 10 nitrogen and oxygen atoms in total. The normalized spacial score (nSPS) is 42.4. The third-order valence-corrected chi connectivity index (χ3v) is 4.22. The maximum absolute atomic E-state index is 12.3. The summed E-state index contributed by atoms with van der Waals surface area (Å²) < 4.78 is 33.7. The van der Waals surface area contributed by atoms with Gasteiger partial charge in [-0.2, -0.15) is 0 Å². The van der Waals surface area contributed by atoms with Crippen molar-refractivity contribution < 1.29 is 33.2 Å². The van der Waals surface area contributed by atoms with Crippen LogP contribution >= 0.6 is 0 Å². The summed E-state index contributed by atoms with van der Waals surface area (Å²) in [4.78, 5) is 15.1. The molecule has 3 fully saturated rings. The fourth-order valence-electron chi connectivity index (χ4n) is 3.34. The van der Waals surface area contributed by atoms with Crippen LogP contribution in [0.3, 0.4) is 0 Å². The zero-order valence-electron chi connectivity index (χ0n) is 14.2. The average molecular weight is 343 g/mol. The van der Waals surface area contributed by atoms with E-state index in [9.17, 15) is 4.79 Å². The number of carbonyl (C=O) groups is 1. The van der Waals surface area contributed by atoms with Crippen molar-refractivity contribution in [3.63, 3.8) is 0 Å². The summed E-state index contributed by atoms with van der Waals surface area (Å²) >= 11 is 0. The van der Waals surface area contributed by atoms with Gasteiger partial charge in [0.2, 0.25) is 0 Å². The molecule has 0 aromatic rings. The predicted octanol–water partition coefficient (Wildman–Crippen LogP) is 1.24. The molecule has 3 heterocycles. The topological polar surface area (TPSA) is 121 Å². The Morgan fingerprint density at radius 1 is 1.12 bits per heavy atom. The smallest absolute Gasteiger partial charge is 0.347 e. The first-order valence-corrected chi connectivity index (χ1v) is 7.64. The second-order valence-corrected chi connectivity index (χ2v) is 6.85. The van der Waals surface area contributed by atoms with Crippen LogP contribution in [-0.2, 0) is 33.2 Å². The van der Waals surface area contributed by atoms with Gasteiger partial charge < -0.3 is 28.4 Å². The Morgan fingerprint density at radius 2 is 1.83 bits per heavy atom. The molecule has 0 spiro atoms. The van der Waals surface area contributed by atoms with Gasteiger partial charge in [-0.15, -0.1) is 0 Å². The van der Waals surface area contributed by atoms with Crippen LogP contribution in [0.2, 0.25) is 0 Å². The second-order valence-electron chi connectivity index (χ2n) is 6.85. The molecule has 0 aliphatic carbocycles. The summed E-state index contributed by atoms with van der Waals surface area (Å²) in [5.41, 5.74) is 6.97. The standard InChI is InChI=1S/C14H21N3O7/c1-12(2)20-6-7(21-12)8-9-10(24-13(3,4)22-9)14(23-8,16-17-15)11(18)19-5/h7-10H,6H2,1-5H3/t7-,8-,9+,10+,14+/m1/s1. The number of ether oxygens (including phenoxy) is 6. The van der Waals surface area contributed by atoms with Crippen molar-refractivity contribution in [2.75, 3.05) is 13.7 Å². The van der Waals surface area contributed by atoms with E-state index in [2.05, 4.69) is 10.0 Å². The molecule has 3 rings (SSSR count). The van der Waals surface area contributed by atoms with Gasteiger partial charge in [-0.1, -0.05) is 0 Å². The highest BCUT2D eigenvalue weighted by Gasteiger charge is 2.69. The van der Waals surface area contributed by atoms with E-state index in [1.54, 1.807) is 27.7 Å². The van der Waals surface area contributed by atoms with E-state index < -0.39 is 47.7 Å². The Bertz CT molecular complexity index is 589. The second kappa shape index (κ2) is 5.55. The van der Waals surface area contributed by atoms with E-state index in [1.165, 1.54) is 7.11 Å². The van der Waals surface area contributed by atoms with Gasteiger partial charge in [0.25, 0.3) is 5.72 Å². The van der Waals surface area contributed by atoms with Crippen LogP contribution in [0.5, 0.6) is 0 Å². The number of fused-ring (bicyclic) bond motifs is 1. The highest BCUT2D eigenvalue weighted by molar-refractivity contribution is 5.81. The van der Waals surface area contributed by atoms with Gasteiger partial charge in [0.1, 0.15) is 24.4 Å². The van der Waals surface area contributed by atoms with Crippen molar-refractivity contribution in [3.8, 4) is 0 Å². The third kappa shape index (κ3) is 2.65. The molecule has 3 aliphatic heterocycles. The maximum atomic E-state index is 12.3. The van der Waals surface area contributed by atoms with E-state index in [1.807, 2.05) is 0 Å². The molecule has 134 valence electrons. The van der Waals surface area contributed by atoms with Gasteiger partial charge in [-0.25, -0.2) is 4.79 Å². The maximum Gasteiger partial charge on any atom is 0.347 e. The summed E-state index contributed by atoms with van der Waals surface area (Å²) in [6.07, 6.45) is -2.85. The molecule has 0 aromatic heterocycles. The summed E-state index contributed by atoms with van der Waals surface area (Å²) in [6.45, 7) is 7.21. The van der Waals surface area contributed by atoms with E-state index >= 15 is 0 Å². The number of nitrogens with zero attached hydrogens (tertiary/aromatic N) is 3. The molecule has 5 atom stereocenters. The number of hydrogen-bond acceptors (Lipinski definition) is 8. The lowest BCUT2D eigenvalue weighted by Crippen LogP contribution is -2.49. The van der Waals surface area contributed by atoms with E-state index in [-0.39, 0.29) is 6.61 Å². The molecule has 0 N–H and O–H groups in total. The van der Waals surface area contributed by atoms with Crippen molar-refractivity contribution in [1.29, 1.82) is 0 Å². The third-order valence-electron chi connectivity index (χ3n) is 4.22. The fourth-order valence-corrected chi connectivity index (χ4v) is 3.34. The minimum absolute atomic E-state index is 0.248. The van der Waals surface area contributed by atoms with Crippen molar-refractivity contribution >= 4 is 5.97 Å².